The number of rotatable bonds is 13. The molecule has 3 N–H and O–H groups in total. The fraction of sp³-hybridized carbons (Fsp3) is 0.323. The highest BCUT2D eigenvalue weighted by Gasteiger charge is 2.33. The predicted molar refractivity (Wildman–Crippen MR) is 147 cm³/mol. The normalized spacial score (nSPS) is 17.5. The minimum atomic E-state index is -1.11. The number of methoxy groups -OCH3 is 1. The molecule has 0 fully saturated rings. The van der Waals surface area contributed by atoms with E-state index in [1.165, 1.54) is 12.1 Å². The maximum absolute atomic E-state index is 13.9. The van der Waals surface area contributed by atoms with Crippen LogP contribution in [-0.2, 0) is 22.5 Å². The largest absolute Gasteiger partial charge is 0.497 e. The summed E-state index contributed by atoms with van der Waals surface area (Å²) in [5.41, 5.74) is 3.09. The number of hydrogen-bond acceptors (Lipinski definition) is 6. The van der Waals surface area contributed by atoms with Crippen LogP contribution in [-0.4, -0.2) is 43.6 Å². The number of hydrogen-bond donors (Lipinski definition) is 3. The van der Waals surface area contributed by atoms with Crippen LogP contribution in [0.1, 0.15) is 40.8 Å². The molecule has 212 valence electrons. The predicted octanol–water partition coefficient (Wildman–Crippen LogP) is 5.15. The number of carbonyl (C=O) groups excluding carboxylic acids is 1. The molecule has 0 bridgehead atoms. The summed E-state index contributed by atoms with van der Waals surface area (Å²) < 4.78 is 44.4. The van der Waals surface area contributed by atoms with Gasteiger partial charge in [-0.1, -0.05) is 42.5 Å². The van der Waals surface area contributed by atoms with Gasteiger partial charge in [0.2, 0.25) is 0 Å². The van der Waals surface area contributed by atoms with Crippen molar-refractivity contribution in [3.8, 4) is 5.75 Å². The number of fused-ring (bicyclic) bond motifs is 1. The summed E-state index contributed by atoms with van der Waals surface area (Å²) >= 11 is 0. The van der Waals surface area contributed by atoms with Crippen LogP contribution in [0, 0.1) is 11.6 Å². The standard InChI is InChI=1S/C31H34F2N2O5/c1-3-11-39-30-17-27(26-16-24(38-2)9-10-25(26)30)34-18-29(36)28(14-21-12-22(32)15-23(33)13-21)35-31(37)40-19-20-7-5-4-6-8-20/h3-10,12-13,15-16,27-30,34,36H,1,11,14,17-19H2,2H3,(H,35,37)/t27-,28+,29?,30+/m1/s1. The number of ether oxygens (including phenoxy) is 3. The zero-order valence-electron chi connectivity index (χ0n) is 22.3. The molecule has 4 rings (SSSR count). The molecule has 0 aromatic heterocycles. The van der Waals surface area contributed by atoms with Crippen molar-refractivity contribution in [2.75, 3.05) is 20.3 Å². The Morgan fingerprint density at radius 3 is 2.52 bits per heavy atom. The topological polar surface area (TPSA) is 89.1 Å². The summed E-state index contributed by atoms with van der Waals surface area (Å²) in [5, 5.41) is 17.2. The van der Waals surface area contributed by atoms with Gasteiger partial charge in [0, 0.05) is 18.7 Å². The molecule has 0 aliphatic heterocycles. The Hall–Kier alpha value is -3.79. The molecule has 0 spiro atoms. The lowest BCUT2D eigenvalue weighted by Gasteiger charge is -2.26. The van der Waals surface area contributed by atoms with E-state index < -0.39 is 29.9 Å². The average Bonchev–Trinajstić information content (AvgIpc) is 3.29. The quantitative estimate of drug-likeness (QED) is 0.254. The monoisotopic (exact) mass is 552 g/mol. The number of amides is 1. The summed E-state index contributed by atoms with van der Waals surface area (Å²) in [6.07, 6.45) is 0.269. The van der Waals surface area contributed by atoms with E-state index in [1.807, 2.05) is 48.5 Å². The molecule has 1 aliphatic rings. The molecule has 7 nitrogen and oxygen atoms in total. The number of halogens is 2. The van der Waals surface area contributed by atoms with E-state index in [4.69, 9.17) is 14.2 Å². The van der Waals surface area contributed by atoms with Crippen molar-refractivity contribution in [2.45, 2.75) is 43.7 Å². The van der Waals surface area contributed by atoms with Crippen molar-refractivity contribution in [1.82, 2.24) is 10.6 Å². The fourth-order valence-corrected chi connectivity index (χ4v) is 4.87. The van der Waals surface area contributed by atoms with Gasteiger partial charge in [-0.25, -0.2) is 13.6 Å². The van der Waals surface area contributed by atoms with Gasteiger partial charge in [-0.15, -0.1) is 6.58 Å². The third-order valence-corrected chi connectivity index (χ3v) is 6.81. The number of nitrogens with one attached hydrogen (secondary N) is 2. The van der Waals surface area contributed by atoms with Crippen LogP contribution in [0.4, 0.5) is 13.6 Å². The van der Waals surface area contributed by atoms with Gasteiger partial charge >= 0.3 is 6.09 Å². The first-order valence-corrected chi connectivity index (χ1v) is 13.1. The third kappa shape index (κ3) is 7.88. The van der Waals surface area contributed by atoms with Gasteiger partial charge in [-0.3, -0.25) is 0 Å². The van der Waals surface area contributed by atoms with Crippen LogP contribution in [0.3, 0.4) is 0 Å². The summed E-state index contributed by atoms with van der Waals surface area (Å²) in [5.74, 6) is -0.783. The highest BCUT2D eigenvalue weighted by Crippen LogP contribution is 2.42. The molecule has 0 saturated carbocycles. The first-order chi connectivity index (χ1) is 19.4. The van der Waals surface area contributed by atoms with Crippen LogP contribution in [0.15, 0.2) is 79.4 Å². The highest BCUT2D eigenvalue weighted by atomic mass is 19.1. The smallest absolute Gasteiger partial charge is 0.407 e. The zero-order valence-corrected chi connectivity index (χ0v) is 22.3. The Morgan fingerprint density at radius 2 is 1.82 bits per heavy atom. The fourth-order valence-electron chi connectivity index (χ4n) is 4.87. The van der Waals surface area contributed by atoms with Gasteiger partial charge in [0.1, 0.15) is 24.0 Å². The average molecular weight is 553 g/mol. The van der Waals surface area contributed by atoms with Gasteiger partial charge in [-0.05, 0) is 59.4 Å². The van der Waals surface area contributed by atoms with Crippen LogP contribution < -0.4 is 15.4 Å². The van der Waals surface area contributed by atoms with E-state index in [9.17, 15) is 18.7 Å². The van der Waals surface area contributed by atoms with Gasteiger partial charge < -0.3 is 30.0 Å². The lowest BCUT2D eigenvalue weighted by molar-refractivity contribution is 0.0667. The summed E-state index contributed by atoms with van der Waals surface area (Å²) in [7, 11) is 1.59. The van der Waals surface area contributed by atoms with Crippen LogP contribution >= 0.6 is 0 Å². The molecule has 1 amide bonds. The molecular weight excluding hydrogens is 518 g/mol. The number of aliphatic hydroxyl groups excluding tert-OH is 1. The molecule has 3 aromatic rings. The van der Waals surface area contributed by atoms with E-state index in [1.54, 1.807) is 13.2 Å². The van der Waals surface area contributed by atoms with Crippen molar-refractivity contribution >= 4 is 6.09 Å². The molecule has 40 heavy (non-hydrogen) atoms. The van der Waals surface area contributed by atoms with E-state index in [0.717, 1.165) is 22.8 Å². The van der Waals surface area contributed by atoms with Gasteiger partial charge in [0.15, 0.2) is 0 Å². The minimum Gasteiger partial charge on any atom is -0.497 e. The maximum atomic E-state index is 13.9. The highest BCUT2D eigenvalue weighted by molar-refractivity contribution is 5.67. The summed E-state index contributed by atoms with van der Waals surface area (Å²) in [4.78, 5) is 12.6. The SMILES string of the molecule is C=CCO[C@H]1C[C@@H](NCC(O)[C@H](Cc2cc(F)cc(F)c2)NC(=O)OCc2ccccc2)c2cc(OC)ccc21. The number of benzene rings is 3. The molecule has 0 heterocycles. The molecular formula is C31H34F2N2O5. The van der Waals surface area contributed by atoms with E-state index in [2.05, 4.69) is 17.2 Å². The molecule has 1 aliphatic carbocycles. The minimum absolute atomic E-state index is 0.0158. The van der Waals surface area contributed by atoms with Crippen LogP contribution in [0.5, 0.6) is 5.75 Å². The van der Waals surface area contributed by atoms with Crippen LogP contribution in [0.2, 0.25) is 0 Å². The van der Waals surface area contributed by atoms with Crippen molar-refractivity contribution in [3.05, 3.63) is 113 Å². The molecule has 9 heteroatoms. The van der Waals surface area contributed by atoms with E-state index in [0.29, 0.717) is 24.3 Å². The van der Waals surface area contributed by atoms with Crippen LogP contribution in [0.25, 0.3) is 0 Å². The Morgan fingerprint density at radius 1 is 1.07 bits per heavy atom. The molecule has 3 aromatic carbocycles. The molecule has 4 atom stereocenters. The summed E-state index contributed by atoms with van der Waals surface area (Å²) in [6, 6.07) is 17.0. The third-order valence-electron chi connectivity index (χ3n) is 6.81. The summed E-state index contributed by atoms with van der Waals surface area (Å²) in [6.45, 7) is 4.23. The van der Waals surface area contributed by atoms with E-state index >= 15 is 0 Å². The lowest BCUT2D eigenvalue weighted by atomic mass is 10.00. The molecule has 1 unspecified atom stereocenters. The number of aliphatic hydroxyl groups is 1. The first kappa shape index (κ1) is 29.2. The van der Waals surface area contributed by atoms with Gasteiger partial charge in [-0.2, -0.15) is 0 Å². The number of alkyl carbamates (subject to hydrolysis) is 1. The van der Waals surface area contributed by atoms with Crippen molar-refractivity contribution in [1.29, 1.82) is 0 Å². The van der Waals surface area contributed by atoms with Crippen molar-refractivity contribution < 1.29 is 32.9 Å². The van der Waals surface area contributed by atoms with Gasteiger partial charge in [0.25, 0.3) is 0 Å². The first-order valence-electron chi connectivity index (χ1n) is 13.1. The van der Waals surface area contributed by atoms with E-state index in [-0.39, 0.29) is 31.7 Å². The Bertz CT molecular complexity index is 1270. The lowest BCUT2D eigenvalue weighted by Crippen LogP contribution is -2.49. The number of carbonyl (C=O) groups is 1. The Balaban J connectivity index is 1.45. The zero-order chi connectivity index (χ0) is 28.5. The second-order valence-corrected chi connectivity index (χ2v) is 9.66. The van der Waals surface area contributed by atoms with Gasteiger partial charge in [0.05, 0.1) is 32.0 Å². The van der Waals surface area contributed by atoms with Crippen molar-refractivity contribution in [2.24, 2.45) is 0 Å². The maximum Gasteiger partial charge on any atom is 0.407 e. The molecule has 0 saturated heterocycles. The second-order valence-electron chi connectivity index (χ2n) is 9.66. The second kappa shape index (κ2) is 14.0. The Kier molecular flexibility index (Phi) is 10.2. The Labute approximate surface area is 232 Å². The van der Waals surface area contributed by atoms with Crippen molar-refractivity contribution in [3.63, 3.8) is 0 Å². The molecule has 0 radical (unpaired) electrons.